The highest BCUT2D eigenvalue weighted by molar-refractivity contribution is 7.15. The largest absolute Gasteiger partial charge is 0.398 e. The van der Waals surface area contributed by atoms with Gasteiger partial charge in [-0.25, -0.2) is 0 Å². The van der Waals surface area contributed by atoms with Gasteiger partial charge in [-0.2, -0.15) is 0 Å². The first kappa shape index (κ1) is 13.2. The van der Waals surface area contributed by atoms with Crippen LogP contribution >= 0.6 is 11.3 Å². The highest BCUT2D eigenvalue weighted by atomic mass is 32.1. The molecule has 2 N–H and O–H groups in total. The maximum absolute atomic E-state index is 6.07. The van der Waals surface area contributed by atoms with Crippen molar-refractivity contribution >= 4 is 17.0 Å². The van der Waals surface area contributed by atoms with Crippen LogP contribution in [0.5, 0.6) is 0 Å². The number of anilines is 1. The van der Waals surface area contributed by atoms with E-state index >= 15 is 0 Å². The van der Waals surface area contributed by atoms with Crippen LogP contribution in [0.15, 0.2) is 30.3 Å². The Labute approximate surface area is 114 Å². The van der Waals surface area contributed by atoms with Gasteiger partial charge in [-0.15, -0.1) is 11.3 Å². The summed E-state index contributed by atoms with van der Waals surface area (Å²) in [5.74, 6) is 0. The van der Waals surface area contributed by atoms with Crippen molar-refractivity contribution in [1.82, 2.24) is 0 Å². The molecule has 0 aliphatic rings. The van der Waals surface area contributed by atoms with Crippen molar-refractivity contribution in [1.29, 1.82) is 0 Å². The number of aryl methyl sites for hydroxylation is 1. The van der Waals surface area contributed by atoms with E-state index in [1.165, 1.54) is 20.9 Å². The quantitative estimate of drug-likeness (QED) is 0.766. The summed E-state index contributed by atoms with van der Waals surface area (Å²) >= 11 is 1.86. The van der Waals surface area contributed by atoms with Crippen LogP contribution in [0, 0.1) is 0 Å². The monoisotopic (exact) mass is 259 g/mol. The molecule has 2 rings (SSSR count). The summed E-state index contributed by atoms with van der Waals surface area (Å²) in [5.41, 5.74) is 9.65. The lowest BCUT2D eigenvalue weighted by molar-refractivity contribution is 0.604. The van der Waals surface area contributed by atoms with Gasteiger partial charge in [0.05, 0.1) is 0 Å². The fraction of sp³-hybridized carbons (Fsp3) is 0.375. The molecular weight excluding hydrogens is 238 g/mol. The molecule has 1 nitrogen and oxygen atoms in total. The summed E-state index contributed by atoms with van der Waals surface area (Å²) < 4.78 is 0. The minimum absolute atomic E-state index is 0.220. The van der Waals surface area contributed by atoms with Crippen molar-refractivity contribution in [3.05, 3.63) is 40.8 Å². The molecule has 1 aromatic heterocycles. The van der Waals surface area contributed by atoms with Crippen LogP contribution in [0.4, 0.5) is 5.69 Å². The lowest BCUT2D eigenvalue weighted by Gasteiger charge is -2.15. The molecule has 2 aromatic rings. The van der Waals surface area contributed by atoms with Crippen molar-refractivity contribution < 1.29 is 0 Å². The van der Waals surface area contributed by atoms with E-state index in [4.69, 9.17) is 5.73 Å². The number of thiophene rings is 1. The van der Waals surface area contributed by atoms with Gasteiger partial charge in [0, 0.05) is 15.4 Å². The standard InChI is InChI=1S/C16H21NS/c1-5-11-6-7-12(10-13(11)17)14-8-9-15(18-14)16(2,3)4/h6-10H,5,17H2,1-4H3. The molecule has 0 saturated heterocycles. The Hall–Kier alpha value is -1.28. The molecular formula is C16H21NS. The minimum Gasteiger partial charge on any atom is -0.398 e. The van der Waals surface area contributed by atoms with Crippen LogP contribution in [0.25, 0.3) is 10.4 Å². The summed E-state index contributed by atoms with van der Waals surface area (Å²) in [5, 5.41) is 0. The van der Waals surface area contributed by atoms with Crippen molar-refractivity contribution in [2.24, 2.45) is 0 Å². The third-order valence-corrected chi connectivity index (χ3v) is 4.72. The van der Waals surface area contributed by atoms with Crippen molar-refractivity contribution in [2.45, 2.75) is 39.5 Å². The molecule has 0 radical (unpaired) electrons. The molecule has 0 saturated carbocycles. The molecule has 0 fully saturated rings. The summed E-state index contributed by atoms with van der Waals surface area (Å²) in [7, 11) is 0. The van der Waals surface area contributed by atoms with Crippen LogP contribution < -0.4 is 5.73 Å². The Bertz CT molecular complexity index is 546. The van der Waals surface area contributed by atoms with Crippen LogP contribution in [0.1, 0.15) is 38.1 Å². The molecule has 0 amide bonds. The average molecular weight is 259 g/mol. The number of hydrogen-bond acceptors (Lipinski definition) is 2. The first-order chi connectivity index (χ1) is 8.41. The minimum atomic E-state index is 0.220. The third-order valence-electron chi connectivity index (χ3n) is 3.16. The van der Waals surface area contributed by atoms with Crippen LogP contribution in [0.2, 0.25) is 0 Å². The average Bonchev–Trinajstić information content (AvgIpc) is 2.77. The van der Waals surface area contributed by atoms with Gasteiger partial charge in [-0.3, -0.25) is 0 Å². The third kappa shape index (κ3) is 2.59. The smallest absolute Gasteiger partial charge is 0.0352 e. The van der Waals surface area contributed by atoms with Gasteiger partial charge in [0.2, 0.25) is 0 Å². The molecule has 0 aliphatic heterocycles. The maximum Gasteiger partial charge on any atom is 0.0352 e. The van der Waals surface area contributed by atoms with E-state index < -0.39 is 0 Å². The van der Waals surface area contributed by atoms with Crippen LogP contribution in [0.3, 0.4) is 0 Å². The summed E-state index contributed by atoms with van der Waals surface area (Å²) in [6, 6.07) is 10.8. The predicted molar refractivity (Wildman–Crippen MR) is 82.2 cm³/mol. The van der Waals surface area contributed by atoms with E-state index in [2.05, 4.69) is 58.0 Å². The number of rotatable bonds is 2. The highest BCUT2D eigenvalue weighted by Gasteiger charge is 2.16. The Morgan fingerprint density at radius 1 is 1.11 bits per heavy atom. The molecule has 0 unspecified atom stereocenters. The number of nitrogens with two attached hydrogens (primary N) is 1. The van der Waals surface area contributed by atoms with Gasteiger partial charge in [0.1, 0.15) is 0 Å². The van der Waals surface area contributed by atoms with Crippen molar-refractivity contribution in [3.63, 3.8) is 0 Å². The summed E-state index contributed by atoms with van der Waals surface area (Å²) in [4.78, 5) is 2.71. The Morgan fingerprint density at radius 2 is 1.83 bits per heavy atom. The molecule has 1 heterocycles. The van der Waals surface area contributed by atoms with E-state index in [0.29, 0.717) is 0 Å². The highest BCUT2D eigenvalue weighted by Crippen LogP contribution is 2.35. The zero-order valence-corrected chi connectivity index (χ0v) is 12.4. The lowest BCUT2D eigenvalue weighted by atomic mass is 9.95. The number of nitrogen functional groups attached to an aromatic ring is 1. The second-order valence-electron chi connectivity index (χ2n) is 5.68. The molecule has 0 aliphatic carbocycles. The first-order valence-electron chi connectivity index (χ1n) is 6.41. The molecule has 0 atom stereocenters. The molecule has 18 heavy (non-hydrogen) atoms. The molecule has 96 valence electrons. The second kappa shape index (κ2) is 4.77. The van der Waals surface area contributed by atoms with Gasteiger partial charge < -0.3 is 5.73 Å². The predicted octanol–water partition coefficient (Wildman–Crippen LogP) is 4.86. The van der Waals surface area contributed by atoms with Gasteiger partial charge in [0.25, 0.3) is 0 Å². The Kier molecular flexibility index (Phi) is 3.49. The van der Waals surface area contributed by atoms with E-state index in [0.717, 1.165) is 12.1 Å². The van der Waals surface area contributed by atoms with E-state index in [9.17, 15) is 0 Å². The van der Waals surface area contributed by atoms with Gasteiger partial charge in [-0.1, -0.05) is 39.8 Å². The maximum atomic E-state index is 6.07. The van der Waals surface area contributed by atoms with Gasteiger partial charge in [0.15, 0.2) is 0 Å². The normalized spacial score (nSPS) is 11.8. The van der Waals surface area contributed by atoms with E-state index in [-0.39, 0.29) is 5.41 Å². The molecule has 2 heteroatoms. The molecule has 0 spiro atoms. The van der Waals surface area contributed by atoms with Gasteiger partial charge in [-0.05, 0) is 41.2 Å². The second-order valence-corrected chi connectivity index (χ2v) is 6.76. The first-order valence-corrected chi connectivity index (χ1v) is 7.22. The zero-order chi connectivity index (χ0) is 13.3. The van der Waals surface area contributed by atoms with Crippen LogP contribution in [-0.2, 0) is 11.8 Å². The summed E-state index contributed by atoms with van der Waals surface area (Å²) in [6.07, 6.45) is 0.990. The Balaban J connectivity index is 2.38. The van der Waals surface area contributed by atoms with Crippen molar-refractivity contribution in [2.75, 3.05) is 5.73 Å². The fourth-order valence-electron chi connectivity index (χ4n) is 1.97. The SMILES string of the molecule is CCc1ccc(-c2ccc(C(C)(C)C)s2)cc1N. The van der Waals surface area contributed by atoms with E-state index in [1.54, 1.807) is 0 Å². The number of benzene rings is 1. The van der Waals surface area contributed by atoms with E-state index in [1.807, 2.05) is 11.3 Å². The lowest BCUT2D eigenvalue weighted by Crippen LogP contribution is -2.07. The zero-order valence-electron chi connectivity index (χ0n) is 11.6. The van der Waals surface area contributed by atoms with Gasteiger partial charge >= 0.3 is 0 Å². The fourth-order valence-corrected chi connectivity index (χ4v) is 3.03. The van der Waals surface area contributed by atoms with Crippen molar-refractivity contribution in [3.8, 4) is 10.4 Å². The number of hydrogen-bond donors (Lipinski definition) is 1. The Morgan fingerprint density at radius 3 is 2.33 bits per heavy atom. The summed E-state index contributed by atoms with van der Waals surface area (Å²) in [6.45, 7) is 8.87. The van der Waals surface area contributed by atoms with Crippen LogP contribution in [-0.4, -0.2) is 0 Å². The topological polar surface area (TPSA) is 26.0 Å². The molecule has 0 bridgehead atoms. The molecule has 1 aromatic carbocycles.